The van der Waals surface area contributed by atoms with Crippen LogP contribution in [0.25, 0.3) is 4.85 Å². The van der Waals surface area contributed by atoms with Crippen molar-refractivity contribution in [3.63, 3.8) is 0 Å². The van der Waals surface area contributed by atoms with E-state index in [1.54, 1.807) is 7.05 Å². The molecule has 0 bridgehead atoms. The van der Waals surface area contributed by atoms with Crippen molar-refractivity contribution in [1.29, 1.82) is 0 Å². The summed E-state index contributed by atoms with van der Waals surface area (Å²) in [5.41, 5.74) is 0.503. The number of likely N-dealkylation sites (tertiary alicyclic amines) is 1. The molecule has 10 nitrogen and oxygen atoms in total. The lowest BCUT2D eigenvalue weighted by Crippen LogP contribution is -2.58. The number of amides is 4. The van der Waals surface area contributed by atoms with Crippen LogP contribution in [0.2, 0.25) is 0 Å². The third-order valence-corrected chi connectivity index (χ3v) is 8.53. The molecule has 2 fully saturated rings. The van der Waals surface area contributed by atoms with E-state index < -0.39 is 29.8 Å². The zero-order valence-corrected chi connectivity index (χ0v) is 23.2. The number of anilines is 1. The summed E-state index contributed by atoms with van der Waals surface area (Å²) in [5, 5.41) is 5.65. The Hall–Kier alpha value is -3.61. The van der Waals surface area contributed by atoms with Crippen LogP contribution in [0.3, 0.4) is 0 Å². The molecule has 2 aliphatic heterocycles. The Kier molecular flexibility index (Phi) is 8.48. The molecule has 2 N–H and O–H groups in total. The van der Waals surface area contributed by atoms with Gasteiger partial charge in [0.1, 0.15) is 17.5 Å². The molecular formula is C29H39N5O5. The molecule has 4 amide bonds. The predicted octanol–water partition coefficient (Wildman–Crippen LogP) is 3.53. The second kappa shape index (κ2) is 11.6. The van der Waals surface area contributed by atoms with Gasteiger partial charge in [0.15, 0.2) is 0 Å². The van der Waals surface area contributed by atoms with Crippen LogP contribution in [0, 0.1) is 18.4 Å². The maximum Gasteiger partial charge on any atom is 0.407 e. The topological polar surface area (TPSA) is 112 Å². The minimum absolute atomic E-state index is 0.0488. The minimum atomic E-state index is -0.997. The molecule has 4 atom stereocenters. The van der Waals surface area contributed by atoms with Crippen molar-refractivity contribution in [3.8, 4) is 0 Å². The van der Waals surface area contributed by atoms with E-state index in [1.165, 1.54) is 16.9 Å². The zero-order valence-electron chi connectivity index (χ0n) is 23.2. The third-order valence-electron chi connectivity index (χ3n) is 8.53. The summed E-state index contributed by atoms with van der Waals surface area (Å²) >= 11 is 0. The predicted molar refractivity (Wildman–Crippen MR) is 145 cm³/mol. The maximum absolute atomic E-state index is 14.2. The molecule has 0 aromatic heterocycles. The SMILES string of the molecule is [C-]#[N+][C@@H]1C[C@@]2(CN1C(=O)[C@H](CC(C)C)N(C)C(=O)[C@@H](NC(=O)OC)C1CCCCC1)C(=O)Nc1ccccc12. The van der Waals surface area contributed by atoms with Gasteiger partial charge >= 0.3 is 12.3 Å². The molecule has 1 saturated carbocycles. The number of para-hydroxylation sites is 1. The number of alkyl carbamates (subject to hydrolysis) is 1. The highest BCUT2D eigenvalue weighted by atomic mass is 16.5. The summed E-state index contributed by atoms with van der Waals surface area (Å²) in [5.74, 6) is -0.877. The van der Waals surface area contributed by atoms with Crippen LogP contribution in [0.4, 0.5) is 10.5 Å². The number of rotatable bonds is 7. The molecule has 1 aliphatic carbocycles. The highest BCUT2D eigenvalue weighted by Gasteiger charge is 2.59. The summed E-state index contributed by atoms with van der Waals surface area (Å²) in [6.07, 6.45) is 3.72. The molecule has 1 aromatic carbocycles. The van der Waals surface area contributed by atoms with Crippen molar-refractivity contribution in [2.75, 3.05) is 26.0 Å². The van der Waals surface area contributed by atoms with E-state index in [4.69, 9.17) is 11.3 Å². The van der Waals surface area contributed by atoms with Crippen LogP contribution in [-0.2, 0) is 24.5 Å². The van der Waals surface area contributed by atoms with Gasteiger partial charge in [0, 0.05) is 19.3 Å². The highest BCUT2D eigenvalue weighted by Crippen LogP contribution is 2.47. The summed E-state index contributed by atoms with van der Waals surface area (Å²) in [4.78, 5) is 60.1. The quantitative estimate of drug-likeness (QED) is 0.517. The van der Waals surface area contributed by atoms with Gasteiger partial charge < -0.3 is 20.3 Å². The van der Waals surface area contributed by atoms with Crippen LogP contribution >= 0.6 is 0 Å². The van der Waals surface area contributed by atoms with Gasteiger partial charge in [-0.2, -0.15) is 0 Å². The Morgan fingerprint density at radius 2 is 1.92 bits per heavy atom. The number of hydrogen-bond acceptors (Lipinski definition) is 5. The Balaban J connectivity index is 1.62. The molecule has 39 heavy (non-hydrogen) atoms. The first-order valence-corrected chi connectivity index (χ1v) is 13.8. The number of carbonyl (C=O) groups excluding carboxylic acids is 4. The molecule has 1 aromatic rings. The summed E-state index contributed by atoms with van der Waals surface area (Å²) in [6.45, 7) is 11.9. The normalized spacial score (nSPS) is 24.1. The fraction of sp³-hybridized carbons (Fsp3) is 0.621. The van der Waals surface area contributed by atoms with Crippen molar-refractivity contribution in [2.45, 2.75) is 82.5 Å². The lowest BCUT2D eigenvalue weighted by atomic mass is 9.80. The molecule has 4 rings (SSSR count). The van der Waals surface area contributed by atoms with Gasteiger partial charge in [-0.05, 0) is 42.7 Å². The maximum atomic E-state index is 14.2. The van der Waals surface area contributed by atoms with Crippen LogP contribution in [0.15, 0.2) is 24.3 Å². The monoisotopic (exact) mass is 537 g/mol. The molecule has 210 valence electrons. The van der Waals surface area contributed by atoms with Crippen molar-refractivity contribution in [3.05, 3.63) is 41.2 Å². The van der Waals surface area contributed by atoms with Crippen molar-refractivity contribution in [2.24, 2.45) is 11.8 Å². The van der Waals surface area contributed by atoms with Gasteiger partial charge in [-0.15, -0.1) is 0 Å². The van der Waals surface area contributed by atoms with Gasteiger partial charge in [0.05, 0.1) is 13.5 Å². The highest BCUT2D eigenvalue weighted by molar-refractivity contribution is 6.07. The number of hydrogen-bond donors (Lipinski definition) is 2. The largest absolute Gasteiger partial charge is 0.453 e. The van der Waals surface area contributed by atoms with E-state index in [0.717, 1.165) is 37.7 Å². The van der Waals surface area contributed by atoms with Crippen LogP contribution in [0.5, 0.6) is 0 Å². The van der Waals surface area contributed by atoms with Gasteiger partial charge in [-0.25, -0.2) is 11.4 Å². The molecule has 0 radical (unpaired) electrons. The summed E-state index contributed by atoms with van der Waals surface area (Å²) in [7, 11) is 2.86. The Morgan fingerprint density at radius 1 is 1.23 bits per heavy atom. The Labute approximate surface area is 230 Å². The van der Waals surface area contributed by atoms with E-state index in [0.29, 0.717) is 12.1 Å². The second-order valence-electron chi connectivity index (χ2n) is 11.5. The number of carbonyl (C=O) groups is 4. The molecule has 1 saturated heterocycles. The molecule has 0 unspecified atom stereocenters. The van der Waals surface area contributed by atoms with E-state index in [9.17, 15) is 19.2 Å². The first-order chi connectivity index (χ1) is 18.6. The van der Waals surface area contributed by atoms with Crippen LogP contribution < -0.4 is 10.6 Å². The number of methoxy groups -OCH3 is 1. The van der Waals surface area contributed by atoms with E-state index in [1.807, 2.05) is 38.1 Å². The first-order valence-electron chi connectivity index (χ1n) is 13.8. The van der Waals surface area contributed by atoms with Crippen LogP contribution in [0.1, 0.15) is 64.4 Å². The Bertz CT molecular complexity index is 1160. The first kappa shape index (κ1) is 28.4. The molecule has 3 aliphatic rings. The molecule has 10 heteroatoms. The zero-order chi connectivity index (χ0) is 28.3. The molecular weight excluding hydrogens is 498 g/mol. The number of fused-ring (bicyclic) bond motifs is 2. The third kappa shape index (κ3) is 5.45. The lowest BCUT2D eigenvalue weighted by Gasteiger charge is -2.37. The van der Waals surface area contributed by atoms with E-state index >= 15 is 0 Å². The van der Waals surface area contributed by atoms with Gasteiger partial charge in [0.2, 0.25) is 11.8 Å². The number of benzene rings is 1. The molecule has 1 spiro atoms. The smallest absolute Gasteiger partial charge is 0.407 e. The van der Waals surface area contributed by atoms with Crippen LogP contribution in [-0.4, -0.2) is 72.6 Å². The number of ether oxygens (including phenoxy) is 1. The number of nitrogens with one attached hydrogen (secondary N) is 2. The van der Waals surface area contributed by atoms with Crippen molar-refractivity contribution in [1.82, 2.24) is 15.1 Å². The lowest BCUT2D eigenvalue weighted by molar-refractivity contribution is -0.147. The molecule has 2 heterocycles. The Morgan fingerprint density at radius 3 is 2.56 bits per heavy atom. The summed E-state index contributed by atoms with van der Waals surface area (Å²) in [6, 6.07) is 5.74. The van der Waals surface area contributed by atoms with E-state index in [2.05, 4.69) is 15.5 Å². The fourth-order valence-corrected chi connectivity index (χ4v) is 6.43. The number of nitrogens with zero attached hydrogens (tertiary/aromatic N) is 3. The summed E-state index contributed by atoms with van der Waals surface area (Å²) < 4.78 is 4.81. The van der Waals surface area contributed by atoms with Crippen molar-refractivity contribution >= 4 is 29.5 Å². The van der Waals surface area contributed by atoms with E-state index in [-0.39, 0.29) is 42.5 Å². The van der Waals surface area contributed by atoms with Gasteiger partial charge in [-0.1, -0.05) is 51.3 Å². The average Bonchev–Trinajstić information content (AvgIpc) is 3.47. The van der Waals surface area contributed by atoms with Gasteiger partial charge in [0.25, 0.3) is 5.91 Å². The minimum Gasteiger partial charge on any atom is -0.453 e. The standard InChI is InChI=1S/C29H39N5O5/c1-18(2)15-22(33(4)26(36)24(32-28(38)39-5)19-11-7-6-8-12-19)25(35)34-17-29(16-23(34)30-3)20-13-9-10-14-21(20)31-27(29)37/h9-10,13-14,18-19,22-24H,6-8,11-12,15-17H2,1-2,4-5H3,(H,31,37)(H,32,38)/t22-,23-,24-,29-/m0/s1. The second-order valence-corrected chi connectivity index (χ2v) is 11.5. The fourth-order valence-electron chi connectivity index (χ4n) is 6.43. The van der Waals surface area contributed by atoms with Gasteiger partial charge in [-0.3, -0.25) is 24.1 Å². The average molecular weight is 538 g/mol. The van der Waals surface area contributed by atoms with Crippen molar-refractivity contribution < 1.29 is 23.9 Å². The number of likely N-dealkylation sites (N-methyl/N-ethyl adjacent to an activating group) is 1.